The number of nitrogens with zero attached hydrogens (tertiary/aromatic N) is 1. The van der Waals surface area contributed by atoms with Gasteiger partial charge in [-0.2, -0.15) is 0 Å². The summed E-state index contributed by atoms with van der Waals surface area (Å²) in [6.07, 6.45) is -1.92. The van der Waals surface area contributed by atoms with E-state index < -0.39 is 29.3 Å². The van der Waals surface area contributed by atoms with Crippen LogP contribution in [0.1, 0.15) is 22.3 Å². The van der Waals surface area contributed by atoms with Crippen molar-refractivity contribution in [3.05, 3.63) is 17.3 Å². The number of anilines is 2. The van der Waals surface area contributed by atoms with Crippen LogP contribution in [-0.2, 0) is 0 Å². The highest BCUT2D eigenvalue weighted by Crippen LogP contribution is 2.29. The Morgan fingerprint density at radius 2 is 2.00 bits per heavy atom. The van der Waals surface area contributed by atoms with E-state index in [1.807, 2.05) is 0 Å². The number of nitrogens with two attached hydrogens (primary N) is 3. The molecular weight excluding hydrogens is 194 g/mol. The second-order valence-electron chi connectivity index (χ2n) is 2.55. The van der Waals surface area contributed by atoms with Crippen molar-refractivity contribution in [3.8, 4) is 0 Å². The number of pyridine rings is 1. The van der Waals surface area contributed by atoms with Crippen LogP contribution >= 0.6 is 0 Å². The van der Waals surface area contributed by atoms with Gasteiger partial charge in [-0.15, -0.1) is 0 Å². The minimum atomic E-state index is -2.94. The van der Waals surface area contributed by atoms with Gasteiger partial charge in [0.25, 0.3) is 12.3 Å². The van der Waals surface area contributed by atoms with E-state index in [4.69, 9.17) is 17.2 Å². The van der Waals surface area contributed by atoms with E-state index in [9.17, 15) is 13.6 Å². The zero-order chi connectivity index (χ0) is 10.9. The highest BCUT2D eigenvalue weighted by Gasteiger charge is 2.23. The van der Waals surface area contributed by atoms with Crippen molar-refractivity contribution in [2.45, 2.75) is 6.43 Å². The third kappa shape index (κ3) is 1.56. The van der Waals surface area contributed by atoms with Crippen molar-refractivity contribution in [2.75, 3.05) is 11.5 Å². The first-order valence-electron chi connectivity index (χ1n) is 3.57. The number of hydrogen-bond donors (Lipinski definition) is 3. The normalized spacial score (nSPS) is 10.5. The number of carbonyl (C=O) groups excluding carboxylic acids is 1. The van der Waals surface area contributed by atoms with Crippen LogP contribution in [0.4, 0.5) is 20.3 Å². The molecule has 0 saturated carbocycles. The van der Waals surface area contributed by atoms with Crippen molar-refractivity contribution in [1.82, 2.24) is 4.98 Å². The smallest absolute Gasteiger partial charge is 0.268 e. The fraction of sp³-hybridized carbons (Fsp3) is 0.143. The standard InChI is InChI=1S/C7H8F2N4O/c8-5(9)4-3(7(12)14)2(10)1-13-6(4)11/h1,5H,10H2,(H2,11,13)(H2,12,14). The van der Waals surface area contributed by atoms with Gasteiger partial charge in [-0.25, -0.2) is 13.8 Å². The van der Waals surface area contributed by atoms with Crippen LogP contribution in [0.3, 0.4) is 0 Å². The molecule has 7 heteroatoms. The number of aromatic nitrogens is 1. The molecule has 0 unspecified atom stereocenters. The van der Waals surface area contributed by atoms with Gasteiger partial charge in [0.05, 0.1) is 23.0 Å². The Morgan fingerprint density at radius 3 is 2.36 bits per heavy atom. The highest BCUT2D eigenvalue weighted by atomic mass is 19.3. The molecule has 14 heavy (non-hydrogen) atoms. The number of primary amides is 1. The topological polar surface area (TPSA) is 108 Å². The van der Waals surface area contributed by atoms with E-state index in [1.165, 1.54) is 0 Å². The van der Waals surface area contributed by atoms with Crippen LogP contribution in [0.2, 0.25) is 0 Å². The van der Waals surface area contributed by atoms with E-state index in [2.05, 4.69) is 4.98 Å². The lowest BCUT2D eigenvalue weighted by Gasteiger charge is -2.10. The Bertz CT molecular complexity index is 380. The Morgan fingerprint density at radius 1 is 1.43 bits per heavy atom. The maximum absolute atomic E-state index is 12.4. The van der Waals surface area contributed by atoms with Crippen molar-refractivity contribution in [3.63, 3.8) is 0 Å². The van der Waals surface area contributed by atoms with Gasteiger partial charge in [-0.05, 0) is 0 Å². The minimum Gasteiger partial charge on any atom is -0.397 e. The molecule has 1 heterocycles. The molecule has 1 aromatic rings. The van der Waals surface area contributed by atoms with Crippen molar-refractivity contribution >= 4 is 17.4 Å². The maximum atomic E-state index is 12.4. The molecule has 0 aliphatic carbocycles. The maximum Gasteiger partial charge on any atom is 0.268 e. The van der Waals surface area contributed by atoms with Crippen molar-refractivity contribution in [2.24, 2.45) is 5.73 Å². The number of halogens is 2. The molecule has 0 saturated heterocycles. The van der Waals surface area contributed by atoms with E-state index in [1.54, 1.807) is 0 Å². The number of alkyl halides is 2. The van der Waals surface area contributed by atoms with Gasteiger partial charge in [0.2, 0.25) is 0 Å². The lowest BCUT2D eigenvalue weighted by molar-refractivity contribution is 0.0987. The zero-order valence-electron chi connectivity index (χ0n) is 7.00. The third-order valence-corrected chi connectivity index (χ3v) is 1.64. The molecule has 1 rings (SSSR count). The number of nitrogen functional groups attached to an aromatic ring is 2. The first-order chi connectivity index (χ1) is 6.45. The third-order valence-electron chi connectivity index (χ3n) is 1.64. The summed E-state index contributed by atoms with van der Waals surface area (Å²) in [5.41, 5.74) is 14.0. The summed E-state index contributed by atoms with van der Waals surface area (Å²) in [5, 5.41) is 0. The predicted molar refractivity (Wildman–Crippen MR) is 46.5 cm³/mol. The molecule has 76 valence electrons. The molecule has 0 fully saturated rings. The molecule has 1 amide bonds. The monoisotopic (exact) mass is 202 g/mol. The summed E-state index contributed by atoms with van der Waals surface area (Å²) in [5.74, 6) is -1.49. The number of carbonyl (C=O) groups is 1. The van der Waals surface area contributed by atoms with Crippen LogP contribution < -0.4 is 17.2 Å². The summed E-state index contributed by atoms with van der Waals surface area (Å²) >= 11 is 0. The second kappa shape index (κ2) is 3.44. The van der Waals surface area contributed by atoms with Gasteiger partial charge in [0.1, 0.15) is 5.82 Å². The number of amides is 1. The fourth-order valence-electron chi connectivity index (χ4n) is 1.05. The van der Waals surface area contributed by atoms with Gasteiger partial charge < -0.3 is 17.2 Å². The Labute approximate surface area is 77.9 Å². The lowest BCUT2D eigenvalue weighted by Crippen LogP contribution is -2.18. The van der Waals surface area contributed by atoms with Gasteiger partial charge in [-0.3, -0.25) is 4.79 Å². The van der Waals surface area contributed by atoms with E-state index >= 15 is 0 Å². The SMILES string of the molecule is NC(=O)c1c(N)cnc(N)c1C(F)F. The molecule has 0 radical (unpaired) electrons. The Kier molecular flexibility index (Phi) is 2.50. The van der Waals surface area contributed by atoms with Crippen LogP contribution in [0, 0.1) is 0 Å². The molecule has 6 N–H and O–H groups in total. The van der Waals surface area contributed by atoms with Gasteiger partial charge in [0, 0.05) is 0 Å². The quantitative estimate of drug-likeness (QED) is 0.640. The molecule has 0 aromatic carbocycles. The zero-order valence-corrected chi connectivity index (χ0v) is 7.00. The molecule has 0 aliphatic heterocycles. The van der Waals surface area contributed by atoms with Gasteiger partial charge in [0.15, 0.2) is 0 Å². The van der Waals surface area contributed by atoms with E-state index in [-0.39, 0.29) is 5.69 Å². The minimum absolute atomic E-state index is 0.206. The van der Waals surface area contributed by atoms with E-state index in [0.717, 1.165) is 6.20 Å². The summed E-state index contributed by atoms with van der Waals surface area (Å²) in [6, 6.07) is 0. The summed E-state index contributed by atoms with van der Waals surface area (Å²) in [6.45, 7) is 0. The number of hydrogen-bond acceptors (Lipinski definition) is 4. The highest BCUT2D eigenvalue weighted by molar-refractivity contribution is 6.00. The van der Waals surface area contributed by atoms with Crippen LogP contribution in [0.15, 0.2) is 6.20 Å². The lowest BCUT2D eigenvalue weighted by atomic mass is 10.1. The molecule has 0 aliphatic rings. The second-order valence-corrected chi connectivity index (χ2v) is 2.55. The van der Waals surface area contributed by atoms with Crippen molar-refractivity contribution < 1.29 is 13.6 Å². The predicted octanol–water partition coefficient (Wildman–Crippen LogP) is 0.282. The van der Waals surface area contributed by atoms with Crippen LogP contribution in [-0.4, -0.2) is 10.9 Å². The first kappa shape index (κ1) is 10.2. The molecule has 1 aromatic heterocycles. The van der Waals surface area contributed by atoms with Gasteiger partial charge in [-0.1, -0.05) is 0 Å². The molecule has 0 bridgehead atoms. The average Bonchev–Trinajstić information content (AvgIpc) is 2.07. The van der Waals surface area contributed by atoms with E-state index in [0.29, 0.717) is 0 Å². The molecular formula is C7H8F2N4O. The largest absolute Gasteiger partial charge is 0.397 e. The van der Waals surface area contributed by atoms with Crippen molar-refractivity contribution in [1.29, 1.82) is 0 Å². The molecule has 0 atom stereocenters. The van der Waals surface area contributed by atoms with Crippen LogP contribution in [0.25, 0.3) is 0 Å². The summed E-state index contributed by atoms with van der Waals surface area (Å²) in [7, 11) is 0. The fourth-order valence-corrected chi connectivity index (χ4v) is 1.05. The average molecular weight is 202 g/mol. The molecule has 5 nitrogen and oxygen atoms in total. The van der Waals surface area contributed by atoms with Crippen LogP contribution in [0.5, 0.6) is 0 Å². The first-order valence-corrected chi connectivity index (χ1v) is 3.57. The number of rotatable bonds is 2. The summed E-state index contributed by atoms with van der Waals surface area (Å²) < 4.78 is 24.9. The Hall–Kier alpha value is -1.92. The molecule has 0 spiro atoms. The van der Waals surface area contributed by atoms with Gasteiger partial charge >= 0.3 is 0 Å². The Balaban J connectivity index is 3.50. The summed E-state index contributed by atoms with van der Waals surface area (Å²) in [4.78, 5) is 14.2.